The average molecular weight is 343 g/mol. The summed E-state index contributed by atoms with van der Waals surface area (Å²) in [4.78, 5) is 17.4. The van der Waals surface area contributed by atoms with E-state index in [4.69, 9.17) is 0 Å². The van der Waals surface area contributed by atoms with E-state index >= 15 is 0 Å². The minimum absolute atomic E-state index is 0.299. The molecule has 0 aliphatic carbocycles. The van der Waals surface area contributed by atoms with Crippen LogP contribution in [0.2, 0.25) is 0 Å². The summed E-state index contributed by atoms with van der Waals surface area (Å²) in [5.74, 6) is 0.299. The summed E-state index contributed by atoms with van der Waals surface area (Å²) in [5, 5.41) is 0. The molecule has 25 heavy (non-hydrogen) atoms. The number of likely N-dealkylation sites (tertiary alicyclic amines) is 1. The molecule has 0 aromatic heterocycles. The second kappa shape index (κ2) is 8.84. The van der Waals surface area contributed by atoms with E-state index in [0.29, 0.717) is 18.4 Å². The third-order valence-corrected chi connectivity index (χ3v) is 6.00. The summed E-state index contributed by atoms with van der Waals surface area (Å²) >= 11 is 0. The lowest BCUT2D eigenvalue weighted by Gasteiger charge is -2.40. The topological polar surface area (TPSA) is 23.6 Å². The molecule has 0 bridgehead atoms. The average Bonchev–Trinajstić information content (AvgIpc) is 2.97. The quantitative estimate of drug-likeness (QED) is 0.634. The lowest BCUT2D eigenvalue weighted by Crippen LogP contribution is -2.49. The largest absolute Gasteiger partial charge is 0.309 e. The molecule has 2 aliphatic heterocycles. The molecule has 3 rings (SSSR count). The molecule has 1 saturated heterocycles. The summed E-state index contributed by atoms with van der Waals surface area (Å²) in [7, 11) is 0. The Labute approximate surface area is 153 Å². The smallest absolute Gasteiger partial charge is 0.231 e. The van der Waals surface area contributed by atoms with E-state index in [1.807, 2.05) is 6.07 Å². The summed E-state index contributed by atoms with van der Waals surface area (Å²) in [5.41, 5.74) is 2.37. The third kappa shape index (κ3) is 4.25. The van der Waals surface area contributed by atoms with Crippen molar-refractivity contribution in [2.24, 2.45) is 0 Å². The maximum atomic E-state index is 12.5. The number of anilines is 1. The predicted octanol–water partition coefficient (Wildman–Crippen LogP) is 4.79. The fourth-order valence-corrected chi connectivity index (χ4v) is 4.66. The molecule has 1 aromatic carbocycles. The number of carbonyl (C=O) groups is 1. The first-order valence-corrected chi connectivity index (χ1v) is 10.4. The zero-order valence-corrected chi connectivity index (χ0v) is 16.0. The van der Waals surface area contributed by atoms with Crippen LogP contribution in [0.3, 0.4) is 0 Å². The van der Waals surface area contributed by atoms with E-state index in [2.05, 4.69) is 41.8 Å². The minimum Gasteiger partial charge on any atom is -0.309 e. The molecule has 0 saturated carbocycles. The number of hydrogen-bond donors (Lipinski definition) is 0. The van der Waals surface area contributed by atoms with Crippen molar-refractivity contribution in [1.82, 2.24) is 4.90 Å². The standard InChI is InChI=1S/C22H34N2O/c1-3-5-6-11-19(9-4-2)23-15-13-20(14-16-23)24-21-12-8-7-10-18(21)17-22(24)25/h7-8,10,12,19-20H,3-6,9,11,13-17H2,1-2H3. The molecule has 1 amide bonds. The fourth-order valence-electron chi connectivity index (χ4n) is 4.66. The molecule has 1 atom stereocenters. The Morgan fingerprint density at radius 3 is 2.52 bits per heavy atom. The summed E-state index contributed by atoms with van der Waals surface area (Å²) in [6.07, 6.45) is 10.8. The Balaban J connectivity index is 1.58. The summed E-state index contributed by atoms with van der Waals surface area (Å²) < 4.78 is 0. The number of fused-ring (bicyclic) bond motifs is 1. The van der Waals surface area contributed by atoms with Crippen molar-refractivity contribution in [3.63, 3.8) is 0 Å². The van der Waals surface area contributed by atoms with Crippen LogP contribution in [-0.2, 0) is 11.2 Å². The summed E-state index contributed by atoms with van der Waals surface area (Å²) in [6, 6.07) is 9.48. The van der Waals surface area contributed by atoms with Crippen LogP contribution in [-0.4, -0.2) is 36.0 Å². The molecule has 0 spiro atoms. The highest BCUT2D eigenvalue weighted by molar-refractivity contribution is 6.01. The molecule has 2 heterocycles. The Bertz CT molecular complexity index is 563. The number of para-hydroxylation sites is 1. The van der Waals surface area contributed by atoms with Crippen molar-refractivity contribution in [1.29, 1.82) is 0 Å². The SMILES string of the molecule is CCCCCC(CCC)N1CCC(N2C(=O)Cc3ccccc32)CC1. The minimum atomic E-state index is 0.299. The number of benzene rings is 1. The first-order valence-electron chi connectivity index (χ1n) is 10.4. The van der Waals surface area contributed by atoms with Gasteiger partial charge in [-0.1, -0.05) is 57.7 Å². The number of unbranched alkanes of at least 4 members (excludes halogenated alkanes) is 2. The normalized spacial score (nSPS) is 20.1. The van der Waals surface area contributed by atoms with Crippen LogP contribution in [0.5, 0.6) is 0 Å². The van der Waals surface area contributed by atoms with Crippen molar-refractivity contribution in [2.75, 3.05) is 18.0 Å². The molecule has 3 nitrogen and oxygen atoms in total. The van der Waals surface area contributed by atoms with Crippen molar-refractivity contribution < 1.29 is 4.79 Å². The number of rotatable bonds is 8. The van der Waals surface area contributed by atoms with Gasteiger partial charge in [-0.3, -0.25) is 4.79 Å². The van der Waals surface area contributed by atoms with Crippen molar-refractivity contribution >= 4 is 11.6 Å². The van der Waals surface area contributed by atoms with Gasteiger partial charge in [-0.15, -0.1) is 0 Å². The van der Waals surface area contributed by atoms with Crippen LogP contribution in [0.15, 0.2) is 24.3 Å². The Morgan fingerprint density at radius 1 is 1.04 bits per heavy atom. The van der Waals surface area contributed by atoms with Gasteiger partial charge in [-0.2, -0.15) is 0 Å². The van der Waals surface area contributed by atoms with E-state index in [9.17, 15) is 4.79 Å². The lowest BCUT2D eigenvalue weighted by atomic mass is 9.96. The second-order valence-electron chi connectivity index (χ2n) is 7.77. The van der Waals surface area contributed by atoms with Crippen molar-refractivity contribution in [3.8, 4) is 0 Å². The number of hydrogen-bond acceptors (Lipinski definition) is 2. The van der Waals surface area contributed by atoms with Crippen LogP contribution < -0.4 is 4.90 Å². The number of piperidine rings is 1. The van der Waals surface area contributed by atoms with Gasteiger partial charge >= 0.3 is 0 Å². The van der Waals surface area contributed by atoms with Gasteiger partial charge in [0.05, 0.1) is 6.42 Å². The highest BCUT2D eigenvalue weighted by Gasteiger charge is 2.35. The van der Waals surface area contributed by atoms with Crippen molar-refractivity contribution in [2.45, 2.75) is 83.7 Å². The van der Waals surface area contributed by atoms with Gasteiger partial charge in [-0.25, -0.2) is 0 Å². The van der Waals surface area contributed by atoms with Crippen LogP contribution in [0.1, 0.15) is 70.8 Å². The predicted molar refractivity (Wildman–Crippen MR) is 105 cm³/mol. The lowest BCUT2D eigenvalue weighted by molar-refractivity contribution is -0.118. The molecule has 1 aromatic rings. The number of nitrogens with zero attached hydrogens (tertiary/aromatic N) is 2. The summed E-state index contributed by atoms with van der Waals surface area (Å²) in [6.45, 7) is 6.88. The molecule has 2 aliphatic rings. The molecular formula is C22H34N2O. The van der Waals surface area contributed by atoms with E-state index in [1.165, 1.54) is 49.8 Å². The molecule has 0 radical (unpaired) electrons. The van der Waals surface area contributed by atoms with Gasteiger partial charge in [0.2, 0.25) is 5.91 Å². The van der Waals surface area contributed by atoms with Gasteiger partial charge in [-0.05, 0) is 37.3 Å². The molecule has 3 heteroatoms. The van der Waals surface area contributed by atoms with Gasteiger partial charge in [0.1, 0.15) is 0 Å². The van der Waals surface area contributed by atoms with E-state index in [1.54, 1.807) is 0 Å². The molecule has 0 N–H and O–H groups in total. The number of amides is 1. The first kappa shape index (κ1) is 18.4. The van der Waals surface area contributed by atoms with Gasteiger partial charge in [0.25, 0.3) is 0 Å². The van der Waals surface area contributed by atoms with E-state index in [-0.39, 0.29) is 0 Å². The first-order chi connectivity index (χ1) is 12.2. The highest BCUT2D eigenvalue weighted by Crippen LogP contribution is 2.34. The molecule has 1 fully saturated rings. The maximum absolute atomic E-state index is 12.5. The van der Waals surface area contributed by atoms with E-state index in [0.717, 1.165) is 32.0 Å². The third-order valence-electron chi connectivity index (χ3n) is 6.00. The van der Waals surface area contributed by atoms with Gasteiger partial charge < -0.3 is 9.80 Å². The maximum Gasteiger partial charge on any atom is 0.231 e. The molecular weight excluding hydrogens is 308 g/mol. The Kier molecular flexibility index (Phi) is 6.52. The van der Waals surface area contributed by atoms with Crippen molar-refractivity contribution in [3.05, 3.63) is 29.8 Å². The fraction of sp³-hybridized carbons (Fsp3) is 0.682. The van der Waals surface area contributed by atoms with Crippen LogP contribution in [0, 0.1) is 0 Å². The highest BCUT2D eigenvalue weighted by atomic mass is 16.2. The zero-order valence-electron chi connectivity index (χ0n) is 16.0. The van der Waals surface area contributed by atoms with E-state index < -0.39 is 0 Å². The second-order valence-corrected chi connectivity index (χ2v) is 7.77. The monoisotopic (exact) mass is 342 g/mol. The van der Waals surface area contributed by atoms with Gasteiger partial charge in [0, 0.05) is 30.9 Å². The number of carbonyl (C=O) groups excluding carboxylic acids is 1. The van der Waals surface area contributed by atoms with Crippen LogP contribution in [0.4, 0.5) is 5.69 Å². The molecule has 138 valence electrons. The van der Waals surface area contributed by atoms with Crippen LogP contribution in [0.25, 0.3) is 0 Å². The Hall–Kier alpha value is -1.35. The van der Waals surface area contributed by atoms with Crippen LogP contribution >= 0.6 is 0 Å². The molecule has 1 unspecified atom stereocenters. The Morgan fingerprint density at radius 2 is 1.80 bits per heavy atom. The zero-order chi connectivity index (χ0) is 17.6. The van der Waals surface area contributed by atoms with Gasteiger partial charge in [0.15, 0.2) is 0 Å².